The van der Waals surface area contributed by atoms with E-state index in [4.69, 9.17) is 0 Å². The zero-order valence-electron chi connectivity index (χ0n) is 17.1. The first-order valence-electron chi connectivity index (χ1n) is 10.8. The van der Waals surface area contributed by atoms with E-state index >= 15 is 0 Å². The van der Waals surface area contributed by atoms with E-state index in [1.165, 1.54) is 0 Å². The highest BCUT2D eigenvalue weighted by molar-refractivity contribution is 5.18. The predicted molar refractivity (Wildman–Crippen MR) is 105 cm³/mol. The lowest BCUT2D eigenvalue weighted by atomic mass is 9.74. The maximum absolute atomic E-state index is 13.6. The topological polar surface area (TPSA) is 35.5 Å². The van der Waals surface area contributed by atoms with Crippen molar-refractivity contribution in [2.24, 2.45) is 23.7 Å². The Morgan fingerprint density at radius 2 is 1.89 bits per heavy atom. The fraction of sp³-hybridized carbons (Fsp3) is 0.818. The van der Waals surface area contributed by atoms with E-state index < -0.39 is 18.3 Å². The summed E-state index contributed by atoms with van der Waals surface area (Å²) in [5.41, 5.74) is 1.02. The zero-order chi connectivity index (χ0) is 20.5. The molecule has 28 heavy (non-hydrogen) atoms. The van der Waals surface area contributed by atoms with E-state index in [2.05, 4.69) is 25.7 Å². The third-order valence-corrected chi connectivity index (χ3v) is 7.30. The molecule has 2 aliphatic carbocycles. The van der Waals surface area contributed by atoms with Crippen LogP contribution < -0.4 is 5.32 Å². The van der Waals surface area contributed by atoms with Crippen LogP contribution in [0.15, 0.2) is 24.4 Å². The molecule has 7 unspecified atom stereocenters. The van der Waals surface area contributed by atoms with Crippen LogP contribution in [0.4, 0.5) is 13.2 Å². The van der Waals surface area contributed by atoms with Crippen molar-refractivity contribution in [3.8, 4) is 0 Å². The molecule has 160 valence electrons. The second-order valence-electron chi connectivity index (χ2n) is 9.40. The van der Waals surface area contributed by atoms with Gasteiger partial charge in [-0.3, -0.25) is 5.32 Å². The second kappa shape index (κ2) is 8.78. The van der Waals surface area contributed by atoms with Crippen molar-refractivity contribution in [3.05, 3.63) is 24.4 Å². The van der Waals surface area contributed by atoms with Crippen LogP contribution in [0.25, 0.3) is 0 Å². The van der Waals surface area contributed by atoms with Crippen molar-refractivity contribution < 1.29 is 18.3 Å². The van der Waals surface area contributed by atoms with Crippen LogP contribution in [0, 0.1) is 23.7 Å². The van der Waals surface area contributed by atoms with Crippen LogP contribution in [0.2, 0.25) is 0 Å². The standard InChI is InChI=1S/C22H35F3N2O/c1-14-6-8-27(9-7-14)20-12-18(22(23,24)25)11-19(13-20)26-21(28)17-5-4-15(2)16(3)10-17/h6,8,15-21,26,28H,1,4-5,7,9-13H2,2-3H3. The summed E-state index contributed by atoms with van der Waals surface area (Å²) in [6, 6.07) is -0.465. The van der Waals surface area contributed by atoms with Crippen LogP contribution in [-0.4, -0.2) is 41.0 Å². The zero-order valence-corrected chi connectivity index (χ0v) is 17.1. The minimum atomic E-state index is -4.19. The SMILES string of the molecule is C=C1C=CN(C2CC(NC(O)C3CCC(C)C(C)C3)CC(C(F)(F)F)C2)CC1. The summed E-state index contributed by atoms with van der Waals surface area (Å²) in [6.45, 7) is 9.09. The molecule has 1 heterocycles. The molecular formula is C22H35F3N2O. The molecule has 0 saturated heterocycles. The molecule has 2 fully saturated rings. The monoisotopic (exact) mass is 400 g/mol. The molecule has 7 atom stereocenters. The Kier molecular flexibility index (Phi) is 6.80. The van der Waals surface area contributed by atoms with Gasteiger partial charge in [0.1, 0.15) is 6.23 Å². The van der Waals surface area contributed by atoms with Crippen molar-refractivity contribution in [1.29, 1.82) is 0 Å². The summed E-state index contributed by atoms with van der Waals surface area (Å²) >= 11 is 0. The molecule has 3 aliphatic rings. The van der Waals surface area contributed by atoms with Gasteiger partial charge in [0.25, 0.3) is 0 Å². The van der Waals surface area contributed by atoms with Crippen LogP contribution in [-0.2, 0) is 0 Å². The van der Waals surface area contributed by atoms with E-state index in [1.807, 2.05) is 17.2 Å². The van der Waals surface area contributed by atoms with Gasteiger partial charge in [-0.15, -0.1) is 0 Å². The summed E-state index contributed by atoms with van der Waals surface area (Å²) in [4.78, 5) is 2.04. The highest BCUT2D eigenvalue weighted by atomic mass is 19.4. The van der Waals surface area contributed by atoms with E-state index in [1.54, 1.807) is 0 Å². The van der Waals surface area contributed by atoms with E-state index in [0.29, 0.717) is 18.3 Å². The first-order chi connectivity index (χ1) is 13.1. The molecule has 6 heteroatoms. The quantitative estimate of drug-likeness (QED) is 0.663. The molecule has 0 spiro atoms. The summed E-state index contributed by atoms with van der Waals surface area (Å²) in [6.07, 6.45) is 3.46. The van der Waals surface area contributed by atoms with Crippen molar-refractivity contribution in [1.82, 2.24) is 10.2 Å². The number of aliphatic hydroxyl groups excluding tert-OH is 1. The van der Waals surface area contributed by atoms with Gasteiger partial charge in [-0.05, 0) is 68.6 Å². The Morgan fingerprint density at radius 3 is 2.50 bits per heavy atom. The smallest absolute Gasteiger partial charge is 0.378 e. The van der Waals surface area contributed by atoms with Crippen molar-refractivity contribution in [3.63, 3.8) is 0 Å². The molecule has 0 bridgehead atoms. The van der Waals surface area contributed by atoms with Gasteiger partial charge in [0.2, 0.25) is 0 Å². The third kappa shape index (κ3) is 5.32. The lowest BCUT2D eigenvalue weighted by Crippen LogP contribution is -2.52. The van der Waals surface area contributed by atoms with Gasteiger partial charge in [-0.25, -0.2) is 0 Å². The molecule has 3 nitrogen and oxygen atoms in total. The molecule has 0 aromatic carbocycles. The number of nitrogens with one attached hydrogen (secondary N) is 1. The normalized spacial score (nSPS) is 38.5. The first kappa shape index (κ1) is 21.7. The molecule has 2 saturated carbocycles. The average Bonchev–Trinajstić information content (AvgIpc) is 2.63. The largest absolute Gasteiger partial charge is 0.391 e. The van der Waals surface area contributed by atoms with Gasteiger partial charge >= 0.3 is 6.18 Å². The number of halogens is 3. The molecular weight excluding hydrogens is 365 g/mol. The maximum atomic E-state index is 13.6. The first-order valence-corrected chi connectivity index (χ1v) is 10.8. The summed E-state index contributed by atoms with van der Waals surface area (Å²) < 4.78 is 40.7. The van der Waals surface area contributed by atoms with Crippen molar-refractivity contribution in [2.45, 2.75) is 83.3 Å². The number of allylic oxidation sites excluding steroid dienone is 1. The van der Waals surface area contributed by atoms with Crippen LogP contribution in [0.5, 0.6) is 0 Å². The minimum absolute atomic E-state index is 0.0556. The van der Waals surface area contributed by atoms with Crippen LogP contribution >= 0.6 is 0 Å². The Morgan fingerprint density at radius 1 is 1.14 bits per heavy atom. The maximum Gasteiger partial charge on any atom is 0.391 e. The Hall–Kier alpha value is -1.01. The number of alkyl halides is 3. The third-order valence-electron chi connectivity index (χ3n) is 7.30. The molecule has 0 aromatic rings. The van der Waals surface area contributed by atoms with Crippen molar-refractivity contribution in [2.75, 3.05) is 6.54 Å². The van der Waals surface area contributed by atoms with Gasteiger partial charge in [0.15, 0.2) is 0 Å². The Bertz CT molecular complexity index is 577. The lowest BCUT2D eigenvalue weighted by Gasteiger charge is -2.44. The highest BCUT2D eigenvalue weighted by Gasteiger charge is 2.46. The van der Waals surface area contributed by atoms with E-state index in [9.17, 15) is 18.3 Å². The predicted octanol–water partition coefficient (Wildman–Crippen LogP) is 4.84. The van der Waals surface area contributed by atoms with Crippen molar-refractivity contribution >= 4 is 0 Å². The van der Waals surface area contributed by atoms with E-state index in [0.717, 1.165) is 37.8 Å². The van der Waals surface area contributed by atoms with Gasteiger partial charge < -0.3 is 10.0 Å². The number of hydrogen-bond donors (Lipinski definition) is 2. The summed E-state index contributed by atoms with van der Waals surface area (Å²) in [7, 11) is 0. The number of rotatable bonds is 4. The summed E-state index contributed by atoms with van der Waals surface area (Å²) in [5, 5.41) is 13.9. The summed E-state index contributed by atoms with van der Waals surface area (Å²) in [5.74, 6) is 0.00970. The number of hydrogen-bond acceptors (Lipinski definition) is 3. The molecule has 1 aliphatic heterocycles. The van der Waals surface area contributed by atoms with Gasteiger partial charge in [0, 0.05) is 18.6 Å². The molecule has 0 radical (unpaired) electrons. The molecule has 0 amide bonds. The van der Waals surface area contributed by atoms with Gasteiger partial charge in [-0.1, -0.05) is 32.4 Å². The molecule has 3 rings (SSSR count). The fourth-order valence-corrected chi connectivity index (χ4v) is 5.15. The highest BCUT2D eigenvalue weighted by Crippen LogP contribution is 2.41. The Balaban J connectivity index is 1.65. The second-order valence-corrected chi connectivity index (χ2v) is 9.40. The van der Waals surface area contributed by atoms with Gasteiger partial charge in [0.05, 0.1) is 5.92 Å². The van der Waals surface area contributed by atoms with Gasteiger partial charge in [-0.2, -0.15) is 13.2 Å². The lowest BCUT2D eigenvalue weighted by molar-refractivity contribution is -0.189. The fourth-order valence-electron chi connectivity index (χ4n) is 5.15. The molecule has 2 N–H and O–H groups in total. The van der Waals surface area contributed by atoms with Crippen LogP contribution in [0.3, 0.4) is 0 Å². The Labute approximate surface area is 167 Å². The average molecular weight is 401 g/mol. The molecule has 0 aromatic heterocycles. The minimum Gasteiger partial charge on any atom is -0.378 e. The van der Waals surface area contributed by atoms with Crippen LogP contribution in [0.1, 0.15) is 58.8 Å². The number of nitrogens with zero attached hydrogens (tertiary/aromatic N) is 1. The number of aliphatic hydroxyl groups is 1. The van der Waals surface area contributed by atoms with E-state index in [-0.39, 0.29) is 30.8 Å².